The molecule has 1 saturated carbocycles. The van der Waals surface area contributed by atoms with Crippen LogP contribution in [0, 0.1) is 6.92 Å². The van der Waals surface area contributed by atoms with Crippen molar-refractivity contribution < 1.29 is 19.1 Å². The lowest BCUT2D eigenvalue weighted by atomic mass is 9.98. The molecule has 1 aliphatic heterocycles. The lowest BCUT2D eigenvalue weighted by Crippen LogP contribution is -2.44. The van der Waals surface area contributed by atoms with Crippen molar-refractivity contribution in [2.75, 3.05) is 6.54 Å². The first kappa shape index (κ1) is 15.0. The maximum Gasteiger partial charge on any atom is 0.326 e. The predicted molar refractivity (Wildman–Crippen MR) is 78.1 cm³/mol. The number of imide groups is 1. The number of carbonyl (C=O) groups excluding carboxylic acids is 3. The number of hydrogen-bond acceptors (Lipinski definition) is 6. The third-order valence-corrected chi connectivity index (χ3v) is 4.86. The fourth-order valence-corrected chi connectivity index (χ4v) is 3.54. The molecule has 8 heteroatoms. The summed E-state index contributed by atoms with van der Waals surface area (Å²) < 4.78 is 5.08. The van der Waals surface area contributed by atoms with E-state index in [1.807, 2.05) is 12.3 Å². The average molecular weight is 323 g/mol. The number of nitrogens with zero attached hydrogens (tertiary/aromatic N) is 2. The normalized spacial score (nSPS) is 19.8. The minimum atomic E-state index is -0.788. The van der Waals surface area contributed by atoms with Crippen LogP contribution in [0.25, 0.3) is 0 Å². The lowest BCUT2D eigenvalue weighted by molar-refractivity contribution is -0.148. The monoisotopic (exact) mass is 323 g/mol. The van der Waals surface area contributed by atoms with Crippen molar-refractivity contribution in [3.05, 3.63) is 16.1 Å². The SMILES string of the molecule is Cc1nc(COC(=O)CN2C(=O)NC3(CCCC3)C2=O)cs1. The van der Waals surface area contributed by atoms with Crippen LogP contribution in [0.5, 0.6) is 0 Å². The van der Waals surface area contributed by atoms with Crippen LogP contribution in [0.15, 0.2) is 5.38 Å². The standard InChI is InChI=1S/C14H17N3O4S/c1-9-15-10(8-22-9)7-21-11(18)6-17-12(19)14(16-13(17)20)4-2-3-5-14/h8H,2-7H2,1H3,(H,16,20). The van der Waals surface area contributed by atoms with Gasteiger partial charge in [-0.25, -0.2) is 9.78 Å². The summed E-state index contributed by atoms with van der Waals surface area (Å²) in [5.41, 5.74) is -0.121. The number of carbonyl (C=O) groups is 3. The zero-order valence-corrected chi connectivity index (χ0v) is 13.1. The Morgan fingerprint density at radius 2 is 2.18 bits per heavy atom. The van der Waals surface area contributed by atoms with Crippen LogP contribution >= 0.6 is 11.3 Å². The molecule has 0 bridgehead atoms. The van der Waals surface area contributed by atoms with Crippen LogP contribution in [-0.4, -0.2) is 39.9 Å². The quantitative estimate of drug-likeness (QED) is 0.667. The molecule has 118 valence electrons. The van der Waals surface area contributed by atoms with E-state index in [0.29, 0.717) is 18.5 Å². The first-order valence-electron chi connectivity index (χ1n) is 7.21. The Bertz CT molecular complexity index is 621. The van der Waals surface area contributed by atoms with Crippen molar-refractivity contribution in [2.45, 2.75) is 44.8 Å². The van der Waals surface area contributed by atoms with E-state index in [4.69, 9.17) is 4.74 Å². The number of ether oxygens (including phenoxy) is 1. The molecule has 2 aliphatic rings. The van der Waals surface area contributed by atoms with E-state index in [1.165, 1.54) is 11.3 Å². The highest BCUT2D eigenvalue weighted by atomic mass is 32.1. The topological polar surface area (TPSA) is 88.6 Å². The molecule has 1 N–H and O–H groups in total. The third-order valence-electron chi connectivity index (χ3n) is 4.04. The summed E-state index contributed by atoms with van der Waals surface area (Å²) in [6.07, 6.45) is 3.10. The molecule has 22 heavy (non-hydrogen) atoms. The van der Waals surface area contributed by atoms with Gasteiger partial charge >= 0.3 is 12.0 Å². The van der Waals surface area contributed by atoms with Crippen LogP contribution in [0.2, 0.25) is 0 Å². The van der Waals surface area contributed by atoms with E-state index >= 15 is 0 Å². The largest absolute Gasteiger partial charge is 0.458 e. The van der Waals surface area contributed by atoms with E-state index in [1.54, 1.807) is 0 Å². The highest BCUT2D eigenvalue weighted by Gasteiger charge is 2.52. The summed E-state index contributed by atoms with van der Waals surface area (Å²) in [6, 6.07) is -0.506. The van der Waals surface area contributed by atoms with Gasteiger partial charge in [-0.15, -0.1) is 11.3 Å². The number of thiazole rings is 1. The molecule has 0 unspecified atom stereocenters. The van der Waals surface area contributed by atoms with Crippen molar-refractivity contribution >= 4 is 29.2 Å². The summed E-state index contributed by atoms with van der Waals surface area (Å²) in [4.78, 5) is 41.3. The van der Waals surface area contributed by atoms with Gasteiger partial charge in [-0.1, -0.05) is 12.8 Å². The molecule has 3 amide bonds. The maximum absolute atomic E-state index is 12.4. The minimum absolute atomic E-state index is 0.0535. The third kappa shape index (κ3) is 2.70. The predicted octanol–water partition coefficient (Wildman–Crippen LogP) is 1.36. The molecule has 0 atom stereocenters. The van der Waals surface area contributed by atoms with Crippen LogP contribution in [-0.2, 0) is 20.9 Å². The number of aromatic nitrogens is 1. The summed E-state index contributed by atoms with van der Waals surface area (Å²) in [6.45, 7) is 1.57. The van der Waals surface area contributed by atoms with E-state index in [0.717, 1.165) is 22.7 Å². The van der Waals surface area contributed by atoms with Gasteiger partial charge in [-0.2, -0.15) is 0 Å². The Hall–Kier alpha value is -1.96. The Labute approximate surface area is 131 Å². The summed E-state index contributed by atoms with van der Waals surface area (Å²) in [5.74, 6) is -0.916. The second-order valence-electron chi connectivity index (χ2n) is 5.63. The number of aryl methyl sites for hydroxylation is 1. The van der Waals surface area contributed by atoms with Crippen molar-refractivity contribution in [2.24, 2.45) is 0 Å². The van der Waals surface area contributed by atoms with Gasteiger partial charge in [0.15, 0.2) is 0 Å². The van der Waals surface area contributed by atoms with E-state index in [-0.39, 0.29) is 19.1 Å². The highest BCUT2D eigenvalue weighted by Crippen LogP contribution is 2.34. The van der Waals surface area contributed by atoms with Gasteiger partial charge in [0.1, 0.15) is 18.7 Å². The smallest absolute Gasteiger partial charge is 0.326 e. The van der Waals surface area contributed by atoms with Crippen molar-refractivity contribution in [1.29, 1.82) is 0 Å². The van der Waals surface area contributed by atoms with Crippen molar-refractivity contribution in [3.8, 4) is 0 Å². The number of urea groups is 1. The lowest BCUT2D eigenvalue weighted by Gasteiger charge is -2.19. The summed E-state index contributed by atoms with van der Waals surface area (Å²) in [5, 5.41) is 5.43. The molecule has 1 spiro atoms. The molecule has 2 fully saturated rings. The number of esters is 1. The first-order chi connectivity index (χ1) is 10.5. The Morgan fingerprint density at radius 1 is 1.45 bits per heavy atom. The molecule has 1 saturated heterocycles. The van der Waals surface area contributed by atoms with Crippen molar-refractivity contribution in [3.63, 3.8) is 0 Å². The van der Waals surface area contributed by atoms with Crippen LogP contribution in [0.4, 0.5) is 4.79 Å². The molecule has 2 heterocycles. The minimum Gasteiger partial charge on any atom is -0.458 e. The molecule has 0 aromatic carbocycles. The zero-order valence-electron chi connectivity index (χ0n) is 12.3. The van der Waals surface area contributed by atoms with Crippen LogP contribution in [0.1, 0.15) is 36.4 Å². The molecule has 1 aromatic heterocycles. The molecule has 3 rings (SSSR count). The van der Waals surface area contributed by atoms with Gasteiger partial charge < -0.3 is 10.1 Å². The first-order valence-corrected chi connectivity index (χ1v) is 8.09. The molecule has 7 nitrogen and oxygen atoms in total. The number of rotatable bonds is 4. The van der Waals surface area contributed by atoms with E-state index < -0.39 is 17.5 Å². The van der Waals surface area contributed by atoms with Gasteiger partial charge in [-0.3, -0.25) is 14.5 Å². The summed E-state index contributed by atoms with van der Waals surface area (Å²) in [7, 11) is 0. The van der Waals surface area contributed by atoms with Gasteiger partial charge in [0.25, 0.3) is 5.91 Å². The second-order valence-corrected chi connectivity index (χ2v) is 6.69. The number of hydrogen-bond donors (Lipinski definition) is 1. The van der Waals surface area contributed by atoms with Gasteiger partial charge in [0, 0.05) is 5.38 Å². The fraction of sp³-hybridized carbons (Fsp3) is 0.571. The molecular weight excluding hydrogens is 306 g/mol. The Morgan fingerprint density at radius 3 is 2.82 bits per heavy atom. The molecule has 0 radical (unpaired) electrons. The molecular formula is C14H17N3O4S. The van der Waals surface area contributed by atoms with E-state index in [2.05, 4.69) is 10.3 Å². The summed E-state index contributed by atoms with van der Waals surface area (Å²) >= 11 is 1.47. The van der Waals surface area contributed by atoms with Gasteiger partial charge in [0.05, 0.1) is 10.7 Å². The van der Waals surface area contributed by atoms with Gasteiger partial charge in [-0.05, 0) is 19.8 Å². The van der Waals surface area contributed by atoms with Crippen LogP contribution in [0.3, 0.4) is 0 Å². The number of nitrogens with one attached hydrogen (secondary N) is 1. The highest BCUT2D eigenvalue weighted by molar-refractivity contribution is 7.09. The second kappa shape index (κ2) is 5.68. The molecule has 1 aliphatic carbocycles. The number of amides is 3. The zero-order chi connectivity index (χ0) is 15.7. The van der Waals surface area contributed by atoms with E-state index in [9.17, 15) is 14.4 Å². The maximum atomic E-state index is 12.4. The average Bonchev–Trinajstić information content (AvgIpc) is 3.16. The van der Waals surface area contributed by atoms with Gasteiger partial charge in [0.2, 0.25) is 0 Å². The fourth-order valence-electron chi connectivity index (χ4n) is 2.94. The molecule has 1 aromatic rings. The Kier molecular flexibility index (Phi) is 3.86. The Balaban J connectivity index is 1.57. The van der Waals surface area contributed by atoms with Crippen LogP contribution < -0.4 is 5.32 Å². The van der Waals surface area contributed by atoms with Crippen molar-refractivity contribution in [1.82, 2.24) is 15.2 Å².